The van der Waals surface area contributed by atoms with Crippen molar-refractivity contribution in [2.75, 3.05) is 0 Å². The lowest BCUT2D eigenvalue weighted by Crippen LogP contribution is -2.48. The Bertz CT molecular complexity index is 513. The van der Waals surface area contributed by atoms with Crippen LogP contribution in [0.1, 0.15) is 43.7 Å². The Kier molecular flexibility index (Phi) is 4.76. The Morgan fingerprint density at radius 2 is 2.10 bits per heavy atom. The molecule has 3 nitrogen and oxygen atoms in total. The van der Waals surface area contributed by atoms with E-state index in [1.54, 1.807) is 0 Å². The third-order valence-corrected chi connectivity index (χ3v) is 4.21. The first kappa shape index (κ1) is 15.0. The van der Waals surface area contributed by atoms with Gasteiger partial charge >= 0.3 is 0 Å². The van der Waals surface area contributed by atoms with Crippen molar-refractivity contribution in [1.82, 2.24) is 5.32 Å². The molecule has 4 heteroatoms. The van der Waals surface area contributed by atoms with Crippen LogP contribution in [0.4, 0.5) is 0 Å². The SMILES string of the molecule is CC(C)C(NC(=O)C1CCCc2ccccc21)C(N)=S. The van der Waals surface area contributed by atoms with Gasteiger partial charge in [-0.1, -0.05) is 50.3 Å². The number of rotatable bonds is 4. The molecule has 1 aliphatic carbocycles. The topological polar surface area (TPSA) is 55.1 Å². The quantitative estimate of drug-likeness (QED) is 0.838. The van der Waals surface area contributed by atoms with Gasteiger partial charge in [0, 0.05) is 0 Å². The molecule has 1 aromatic carbocycles. The summed E-state index contributed by atoms with van der Waals surface area (Å²) in [4.78, 5) is 12.9. The number of aryl methyl sites for hydroxylation is 1. The molecule has 3 N–H and O–H groups in total. The lowest BCUT2D eigenvalue weighted by molar-refractivity contribution is -0.123. The van der Waals surface area contributed by atoms with E-state index in [4.69, 9.17) is 18.0 Å². The van der Waals surface area contributed by atoms with E-state index < -0.39 is 0 Å². The maximum absolute atomic E-state index is 12.6. The first-order chi connectivity index (χ1) is 9.50. The Labute approximate surface area is 125 Å². The van der Waals surface area contributed by atoms with Crippen molar-refractivity contribution in [2.24, 2.45) is 11.7 Å². The van der Waals surface area contributed by atoms with Gasteiger partial charge in [-0.15, -0.1) is 0 Å². The molecule has 1 amide bonds. The summed E-state index contributed by atoms with van der Waals surface area (Å²) >= 11 is 5.05. The van der Waals surface area contributed by atoms with Crippen LogP contribution in [0, 0.1) is 5.92 Å². The molecule has 108 valence electrons. The second-order valence-electron chi connectivity index (χ2n) is 5.78. The van der Waals surface area contributed by atoms with E-state index in [0.717, 1.165) is 24.8 Å². The number of hydrogen-bond donors (Lipinski definition) is 2. The number of hydrogen-bond acceptors (Lipinski definition) is 2. The smallest absolute Gasteiger partial charge is 0.228 e. The summed E-state index contributed by atoms with van der Waals surface area (Å²) in [6, 6.07) is 7.97. The molecule has 2 unspecified atom stereocenters. The molecule has 0 saturated heterocycles. The van der Waals surface area contributed by atoms with Crippen molar-refractivity contribution in [2.45, 2.75) is 45.1 Å². The van der Waals surface area contributed by atoms with E-state index in [1.807, 2.05) is 26.0 Å². The van der Waals surface area contributed by atoms with Gasteiger partial charge in [0.2, 0.25) is 5.91 Å². The van der Waals surface area contributed by atoms with Gasteiger partial charge in [0.15, 0.2) is 0 Å². The van der Waals surface area contributed by atoms with Crippen LogP contribution in [0.5, 0.6) is 0 Å². The third-order valence-electron chi connectivity index (χ3n) is 3.96. The molecular formula is C16H22N2OS. The summed E-state index contributed by atoms with van der Waals surface area (Å²) in [6.07, 6.45) is 3.00. The summed E-state index contributed by atoms with van der Waals surface area (Å²) in [5.74, 6) is 0.175. The molecule has 0 radical (unpaired) electrons. The molecule has 20 heavy (non-hydrogen) atoms. The van der Waals surface area contributed by atoms with Gasteiger partial charge in [-0.25, -0.2) is 0 Å². The summed E-state index contributed by atoms with van der Waals surface area (Å²) < 4.78 is 0. The van der Waals surface area contributed by atoms with E-state index in [1.165, 1.54) is 5.56 Å². The Morgan fingerprint density at radius 1 is 1.40 bits per heavy atom. The number of carbonyl (C=O) groups excluding carboxylic acids is 1. The Hall–Kier alpha value is -1.42. The van der Waals surface area contributed by atoms with Crippen LogP contribution in [0.25, 0.3) is 0 Å². The minimum absolute atomic E-state index is 0.0450. The maximum Gasteiger partial charge on any atom is 0.228 e. The monoisotopic (exact) mass is 290 g/mol. The van der Waals surface area contributed by atoms with E-state index >= 15 is 0 Å². The van der Waals surface area contributed by atoms with E-state index in [-0.39, 0.29) is 23.8 Å². The van der Waals surface area contributed by atoms with Gasteiger partial charge in [-0.3, -0.25) is 4.79 Å². The summed E-state index contributed by atoms with van der Waals surface area (Å²) in [6.45, 7) is 4.03. The first-order valence-corrected chi connectivity index (χ1v) is 7.59. The van der Waals surface area contributed by atoms with Crippen molar-refractivity contribution in [3.05, 3.63) is 35.4 Å². The molecule has 0 aromatic heterocycles. The van der Waals surface area contributed by atoms with Crippen LogP contribution in [0.3, 0.4) is 0 Å². The number of thiocarbonyl (C=S) groups is 1. The standard InChI is InChI=1S/C16H22N2OS/c1-10(2)14(15(17)20)18-16(19)13-9-5-7-11-6-3-4-8-12(11)13/h3-4,6,8,10,13-14H,5,7,9H2,1-2H3,(H2,17,20)(H,18,19). The minimum atomic E-state index is -0.230. The fourth-order valence-electron chi connectivity index (χ4n) is 2.85. The molecule has 0 heterocycles. The number of nitrogens with one attached hydrogen (secondary N) is 1. The highest BCUT2D eigenvalue weighted by Gasteiger charge is 2.29. The van der Waals surface area contributed by atoms with Crippen LogP contribution in [0.2, 0.25) is 0 Å². The number of amides is 1. The fourth-order valence-corrected chi connectivity index (χ4v) is 3.18. The molecule has 1 aromatic rings. The molecule has 0 spiro atoms. The van der Waals surface area contributed by atoms with Gasteiger partial charge in [0.25, 0.3) is 0 Å². The second-order valence-corrected chi connectivity index (χ2v) is 6.25. The van der Waals surface area contributed by atoms with Gasteiger partial charge in [-0.2, -0.15) is 0 Å². The summed E-state index contributed by atoms with van der Waals surface area (Å²) in [5.41, 5.74) is 8.17. The zero-order chi connectivity index (χ0) is 14.7. The molecule has 2 rings (SSSR count). The number of nitrogens with two attached hydrogens (primary N) is 1. The highest BCUT2D eigenvalue weighted by molar-refractivity contribution is 7.80. The molecule has 0 saturated carbocycles. The van der Waals surface area contributed by atoms with Gasteiger partial charge in [0.05, 0.1) is 16.9 Å². The van der Waals surface area contributed by atoms with Crippen molar-refractivity contribution >= 4 is 23.1 Å². The lowest BCUT2D eigenvalue weighted by Gasteiger charge is -2.28. The van der Waals surface area contributed by atoms with Crippen molar-refractivity contribution in [3.63, 3.8) is 0 Å². The van der Waals surface area contributed by atoms with Gasteiger partial charge in [0.1, 0.15) is 0 Å². The van der Waals surface area contributed by atoms with Crippen LogP contribution < -0.4 is 11.1 Å². The molecule has 0 bridgehead atoms. The van der Waals surface area contributed by atoms with E-state index in [9.17, 15) is 4.79 Å². The molecule has 0 aliphatic heterocycles. The predicted molar refractivity (Wildman–Crippen MR) is 85.7 cm³/mol. The van der Waals surface area contributed by atoms with Crippen LogP contribution >= 0.6 is 12.2 Å². The number of carbonyl (C=O) groups is 1. The zero-order valence-corrected chi connectivity index (χ0v) is 12.9. The lowest BCUT2D eigenvalue weighted by atomic mass is 9.82. The van der Waals surface area contributed by atoms with Gasteiger partial charge in [-0.05, 0) is 36.3 Å². The minimum Gasteiger partial charge on any atom is -0.392 e. The van der Waals surface area contributed by atoms with E-state index in [0.29, 0.717) is 4.99 Å². The molecule has 2 atom stereocenters. The van der Waals surface area contributed by atoms with Crippen molar-refractivity contribution < 1.29 is 4.79 Å². The van der Waals surface area contributed by atoms with Crippen LogP contribution in [-0.2, 0) is 11.2 Å². The maximum atomic E-state index is 12.6. The highest BCUT2D eigenvalue weighted by atomic mass is 32.1. The fraction of sp³-hybridized carbons (Fsp3) is 0.500. The summed E-state index contributed by atoms with van der Waals surface area (Å²) in [7, 11) is 0. The first-order valence-electron chi connectivity index (χ1n) is 7.18. The average molecular weight is 290 g/mol. The molecule has 0 fully saturated rings. The zero-order valence-electron chi connectivity index (χ0n) is 12.1. The predicted octanol–water partition coefficient (Wildman–Crippen LogP) is 2.53. The Balaban J connectivity index is 2.16. The molecule has 1 aliphatic rings. The van der Waals surface area contributed by atoms with Crippen LogP contribution in [-0.4, -0.2) is 16.9 Å². The van der Waals surface area contributed by atoms with Gasteiger partial charge < -0.3 is 11.1 Å². The third kappa shape index (κ3) is 3.18. The van der Waals surface area contributed by atoms with E-state index in [2.05, 4.69) is 17.4 Å². The second kappa shape index (κ2) is 6.35. The van der Waals surface area contributed by atoms with Crippen molar-refractivity contribution in [3.8, 4) is 0 Å². The van der Waals surface area contributed by atoms with Crippen LogP contribution in [0.15, 0.2) is 24.3 Å². The average Bonchev–Trinajstić information content (AvgIpc) is 2.43. The highest BCUT2D eigenvalue weighted by Crippen LogP contribution is 2.31. The number of benzene rings is 1. The summed E-state index contributed by atoms with van der Waals surface area (Å²) in [5, 5.41) is 3.02. The largest absolute Gasteiger partial charge is 0.392 e. The normalized spacial score (nSPS) is 19.2. The Morgan fingerprint density at radius 3 is 2.75 bits per heavy atom. The van der Waals surface area contributed by atoms with Crippen molar-refractivity contribution in [1.29, 1.82) is 0 Å². The molecular weight excluding hydrogens is 268 g/mol. The number of fused-ring (bicyclic) bond motifs is 1.